The summed E-state index contributed by atoms with van der Waals surface area (Å²) in [5, 5.41) is 3.55. The topological polar surface area (TPSA) is 15.3 Å². The van der Waals surface area contributed by atoms with E-state index < -0.39 is 0 Å². The van der Waals surface area contributed by atoms with Gasteiger partial charge in [0.1, 0.15) is 0 Å². The summed E-state index contributed by atoms with van der Waals surface area (Å²) in [5.74, 6) is 1.90. The molecule has 0 aromatic carbocycles. The highest BCUT2D eigenvalue weighted by Crippen LogP contribution is 2.30. The number of likely N-dealkylation sites (N-methyl/N-ethyl adjacent to an activating group) is 1. The maximum Gasteiger partial charge on any atom is 0.0101 e. The molecule has 0 aliphatic heterocycles. The molecule has 0 radical (unpaired) electrons. The van der Waals surface area contributed by atoms with Crippen LogP contribution >= 0.6 is 0 Å². The molecule has 1 rings (SSSR count). The third kappa shape index (κ3) is 4.10. The lowest BCUT2D eigenvalue weighted by atomic mass is 9.98. The first kappa shape index (κ1) is 11.0. The van der Waals surface area contributed by atoms with Crippen LogP contribution in [0.3, 0.4) is 0 Å². The van der Waals surface area contributed by atoms with E-state index in [0.29, 0.717) is 0 Å². The Bertz CT molecular complexity index is 134. The van der Waals surface area contributed by atoms with E-state index in [1.807, 2.05) is 0 Å². The van der Waals surface area contributed by atoms with Gasteiger partial charge in [0, 0.05) is 13.1 Å². The minimum atomic E-state index is 0.946. The van der Waals surface area contributed by atoms with Gasteiger partial charge in [0.15, 0.2) is 0 Å². The van der Waals surface area contributed by atoms with Crippen LogP contribution in [-0.4, -0.2) is 38.6 Å². The second-order valence-electron chi connectivity index (χ2n) is 4.68. The normalized spacial score (nSPS) is 28.6. The highest BCUT2D eigenvalue weighted by molar-refractivity contribution is 4.75. The smallest absolute Gasteiger partial charge is 0.0101 e. The molecule has 13 heavy (non-hydrogen) atoms. The average Bonchev–Trinajstić information content (AvgIpc) is 2.45. The molecule has 78 valence electrons. The molecule has 1 saturated carbocycles. The van der Waals surface area contributed by atoms with Crippen molar-refractivity contribution >= 4 is 0 Å². The van der Waals surface area contributed by atoms with Crippen LogP contribution in [0.25, 0.3) is 0 Å². The van der Waals surface area contributed by atoms with Crippen molar-refractivity contribution < 1.29 is 0 Å². The zero-order valence-corrected chi connectivity index (χ0v) is 9.34. The predicted molar refractivity (Wildman–Crippen MR) is 57.9 cm³/mol. The lowest BCUT2D eigenvalue weighted by Gasteiger charge is -2.17. The minimum absolute atomic E-state index is 0.946. The number of hydrogen-bond donors (Lipinski definition) is 1. The number of hydrogen-bond acceptors (Lipinski definition) is 2. The van der Waals surface area contributed by atoms with Crippen LogP contribution < -0.4 is 5.32 Å². The van der Waals surface area contributed by atoms with Crippen LogP contribution in [0.4, 0.5) is 0 Å². The number of nitrogens with one attached hydrogen (secondary N) is 1. The van der Waals surface area contributed by atoms with Gasteiger partial charge in [0.05, 0.1) is 0 Å². The molecular weight excluding hydrogens is 160 g/mol. The zero-order valence-electron chi connectivity index (χ0n) is 9.34. The van der Waals surface area contributed by atoms with Gasteiger partial charge in [-0.25, -0.2) is 0 Å². The maximum atomic E-state index is 3.55. The molecule has 2 unspecified atom stereocenters. The Morgan fingerprint density at radius 2 is 2.08 bits per heavy atom. The van der Waals surface area contributed by atoms with Gasteiger partial charge >= 0.3 is 0 Å². The molecule has 0 spiro atoms. The van der Waals surface area contributed by atoms with E-state index in [1.54, 1.807) is 0 Å². The van der Waals surface area contributed by atoms with Crippen LogP contribution in [0.1, 0.15) is 26.2 Å². The number of nitrogens with zero attached hydrogens (tertiary/aromatic N) is 1. The van der Waals surface area contributed by atoms with Crippen molar-refractivity contribution in [3.63, 3.8) is 0 Å². The Morgan fingerprint density at radius 3 is 2.62 bits per heavy atom. The molecule has 2 atom stereocenters. The molecule has 0 saturated heterocycles. The molecular formula is C11H24N2. The Morgan fingerprint density at radius 1 is 1.31 bits per heavy atom. The highest BCUT2D eigenvalue weighted by atomic mass is 15.1. The van der Waals surface area contributed by atoms with Gasteiger partial charge in [-0.05, 0) is 38.9 Å². The summed E-state index contributed by atoms with van der Waals surface area (Å²) < 4.78 is 0. The summed E-state index contributed by atoms with van der Waals surface area (Å²) in [6.45, 7) is 5.91. The van der Waals surface area contributed by atoms with Crippen molar-refractivity contribution in [2.24, 2.45) is 11.8 Å². The second-order valence-corrected chi connectivity index (χ2v) is 4.68. The summed E-state index contributed by atoms with van der Waals surface area (Å²) in [7, 11) is 4.25. The lowest BCUT2D eigenvalue weighted by molar-refractivity contribution is 0.361. The van der Waals surface area contributed by atoms with Crippen LogP contribution in [0.5, 0.6) is 0 Å². The van der Waals surface area contributed by atoms with Gasteiger partial charge in [-0.1, -0.05) is 19.8 Å². The average molecular weight is 184 g/mol. The first-order valence-corrected chi connectivity index (χ1v) is 5.55. The van der Waals surface area contributed by atoms with E-state index in [2.05, 4.69) is 31.2 Å². The Kier molecular flexibility index (Phi) is 4.74. The number of rotatable bonds is 5. The Hall–Kier alpha value is -0.0800. The van der Waals surface area contributed by atoms with Crippen molar-refractivity contribution in [2.75, 3.05) is 33.7 Å². The van der Waals surface area contributed by atoms with Crippen molar-refractivity contribution in [2.45, 2.75) is 26.2 Å². The van der Waals surface area contributed by atoms with Crippen molar-refractivity contribution in [1.82, 2.24) is 10.2 Å². The molecule has 1 N–H and O–H groups in total. The standard InChI is InChI=1S/C11H24N2/c1-10-5-4-6-11(10)9-12-7-8-13(2)3/h10-12H,4-9H2,1-3H3. The molecule has 0 aromatic heterocycles. The van der Waals surface area contributed by atoms with Crippen molar-refractivity contribution in [3.05, 3.63) is 0 Å². The van der Waals surface area contributed by atoms with E-state index in [0.717, 1.165) is 24.9 Å². The van der Waals surface area contributed by atoms with Gasteiger partial charge < -0.3 is 10.2 Å². The monoisotopic (exact) mass is 184 g/mol. The molecule has 0 amide bonds. The molecule has 1 aliphatic rings. The van der Waals surface area contributed by atoms with Crippen LogP contribution in [0, 0.1) is 11.8 Å². The molecule has 0 bridgehead atoms. The second kappa shape index (κ2) is 5.61. The van der Waals surface area contributed by atoms with Crippen LogP contribution in [0.15, 0.2) is 0 Å². The van der Waals surface area contributed by atoms with E-state index in [4.69, 9.17) is 0 Å². The van der Waals surface area contributed by atoms with Gasteiger partial charge in [-0.3, -0.25) is 0 Å². The third-order valence-corrected chi connectivity index (χ3v) is 3.18. The van der Waals surface area contributed by atoms with Gasteiger partial charge in [-0.15, -0.1) is 0 Å². The van der Waals surface area contributed by atoms with E-state index in [9.17, 15) is 0 Å². The van der Waals surface area contributed by atoms with E-state index >= 15 is 0 Å². The molecule has 1 aliphatic carbocycles. The van der Waals surface area contributed by atoms with E-state index in [1.165, 1.54) is 25.8 Å². The van der Waals surface area contributed by atoms with E-state index in [-0.39, 0.29) is 0 Å². The van der Waals surface area contributed by atoms with Crippen LogP contribution in [0.2, 0.25) is 0 Å². The molecule has 0 aromatic rings. The summed E-state index contributed by atoms with van der Waals surface area (Å²) in [6.07, 6.45) is 4.33. The summed E-state index contributed by atoms with van der Waals surface area (Å²) >= 11 is 0. The van der Waals surface area contributed by atoms with Crippen molar-refractivity contribution in [1.29, 1.82) is 0 Å². The summed E-state index contributed by atoms with van der Waals surface area (Å²) in [5.41, 5.74) is 0. The molecule has 0 heterocycles. The molecule has 2 heteroatoms. The quantitative estimate of drug-likeness (QED) is 0.653. The van der Waals surface area contributed by atoms with Gasteiger partial charge in [0.25, 0.3) is 0 Å². The lowest BCUT2D eigenvalue weighted by Crippen LogP contribution is -2.31. The molecule has 1 fully saturated rings. The first-order chi connectivity index (χ1) is 6.20. The first-order valence-electron chi connectivity index (χ1n) is 5.55. The van der Waals surface area contributed by atoms with Crippen LogP contribution in [-0.2, 0) is 0 Å². The Balaban J connectivity index is 1.99. The fraction of sp³-hybridized carbons (Fsp3) is 1.00. The zero-order chi connectivity index (χ0) is 9.68. The Labute approximate surface area is 82.7 Å². The summed E-state index contributed by atoms with van der Waals surface area (Å²) in [6, 6.07) is 0. The maximum absolute atomic E-state index is 3.55. The fourth-order valence-electron chi connectivity index (χ4n) is 2.12. The third-order valence-electron chi connectivity index (χ3n) is 3.18. The van der Waals surface area contributed by atoms with Crippen molar-refractivity contribution in [3.8, 4) is 0 Å². The fourth-order valence-corrected chi connectivity index (χ4v) is 2.12. The SMILES string of the molecule is CC1CCCC1CNCCN(C)C. The molecule has 2 nitrogen and oxygen atoms in total. The van der Waals surface area contributed by atoms with Gasteiger partial charge in [-0.2, -0.15) is 0 Å². The highest BCUT2D eigenvalue weighted by Gasteiger charge is 2.22. The predicted octanol–water partition coefficient (Wildman–Crippen LogP) is 1.57. The summed E-state index contributed by atoms with van der Waals surface area (Å²) in [4.78, 5) is 2.23. The largest absolute Gasteiger partial charge is 0.315 e. The van der Waals surface area contributed by atoms with Gasteiger partial charge in [0.2, 0.25) is 0 Å². The minimum Gasteiger partial charge on any atom is -0.315 e.